The third-order valence-electron chi connectivity index (χ3n) is 5.95. The average molecular weight is 422 g/mol. The summed E-state index contributed by atoms with van der Waals surface area (Å²) < 4.78 is 9.14. The number of fused-ring (bicyclic) bond motifs is 1. The largest absolute Gasteiger partial charge is 0.453 e. The van der Waals surface area contributed by atoms with Crippen LogP contribution < -0.4 is 0 Å². The van der Waals surface area contributed by atoms with Gasteiger partial charge in [-0.15, -0.1) is 0 Å². The van der Waals surface area contributed by atoms with Crippen LogP contribution in [0.4, 0.5) is 0 Å². The summed E-state index contributed by atoms with van der Waals surface area (Å²) in [6, 6.07) is 9.23. The first-order chi connectivity index (χ1) is 14.7. The number of aromatic nitrogens is 4. The van der Waals surface area contributed by atoms with Crippen molar-refractivity contribution in [3.8, 4) is 0 Å². The van der Waals surface area contributed by atoms with Crippen molar-refractivity contribution in [2.24, 2.45) is 14.1 Å². The Bertz CT molecular complexity index is 1160. The van der Waals surface area contributed by atoms with Gasteiger partial charge in [0.25, 0.3) is 0 Å². The Labute approximate surface area is 181 Å². The van der Waals surface area contributed by atoms with Gasteiger partial charge in [0.1, 0.15) is 6.10 Å². The van der Waals surface area contributed by atoms with Crippen LogP contribution in [0, 0.1) is 20.8 Å². The van der Waals surface area contributed by atoms with Crippen molar-refractivity contribution in [1.29, 1.82) is 0 Å². The number of hydrogen-bond acceptors (Lipinski definition) is 5. The number of carbonyl (C=O) groups excluding carboxylic acids is 2. The maximum absolute atomic E-state index is 13.4. The van der Waals surface area contributed by atoms with E-state index in [1.807, 2.05) is 57.7 Å². The van der Waals surface area contributed by atoms with Gasteiger partial charge in [-0.1, -0.05) is 18.2 Å². The number of ether oxygens (including phenoxy) is 1. The zero-order valence-electron chi connectivity index (χ0n) is 18.5. The predicted molar refractivity (Wildman–Crippen MR) is 114 cm³/mol. The number of aryl methyl sites for hydroxylation is 4. The van der Waals surface area contributed by atoms with Crippen LogP contribution in [0.2, 0.25) is 0 Å². The molecule has 0 aliphatic carbocycles. The number of carbonyl (C=O) groups is 2. The molecule has 0 radical (unpaired) electrons. The van der Waals surface area contributed by atoms with E-state index in [-0.39, 0.29) is 18.3 Å². The molecule has 3 aromatic rings. The minimum absolute atomic E-state index is 0.0870. The summed E-state index contributed by atoms with van der Waals surface area (Å²) in [5, 5.41) is 8.89. The highest BCUT2D eigenvalue weighted by atomic mass is 16.5. The molecule has 0 spiro atoms. The summed E-state index contributed by atoms with van der Waals surface area (Å²) in [4.78, 5) is 27.4. The first-order valence-corrected chi connectivity index (χ1v) is 10.3. The van der Waals surface area contributed by atoms with Gasteiger partial charge in [-0.25, -0.2) is 4.79 Å². The molecule has 1 amide bonds. The molecule has 0 saturated carbocycles. The van der Waals surface area contributed by atoms with E-state index in [0.29, 0.717) is 18.7 Å². The molecule has 3 heterocycles. The van der Waals surface area contributed by atoms with Crippen LogP contribution in [-0.2, 0) is 36.7 Å². The fraction of sp³-hybridized carbons (Fsp3) is 0.391. The Hall–Kier alpha value is -3.42. The molecular formula is C23H27N5O3. The second-order valence-corrected chi connectivity index (χ2v) is 8.11. The quantitative estimate of drug-likeness (QED) is 0.572. The lowest BCUT2D eigenvalue weighted by molar-refractivity contribution is -0.134. The molecule has 1 unspecified atom stereocenters. The van der Waals surface area contributed by atoms with Crippen molar-refractivity contribution in [1.82, 2.24) is 24.5 Å². The Morgan fingerprint density at radius 1 is 1.10 bits per heavy atom. The lowest BCUT2D eigenvalue weighted by atomic mass is 10.0. The Morgan fingerprint density at radius 3 is 2.48 bits per heavy atom. The minimum atomic E-state index is -0.567. The van der Waals surface area contributed by atoms with E-state index in [4.69, 9.17) is 4.74 Å². The van der Waals surface area contributed by atoms with Gasteiger partial charge in [0, 0.05) is 37.5 Å². The van der Waals surface area contributed by atoms with E-state index in [1.165, 1.54) is 0 Å². The number of cyclic esters (lactones) is 1. The van der Waals surface area contributed by atoms with Gasteiger partial charge in [-0.3, -0.25) is 14.2 Å². The third-order valence-corrected chi connectivity index (χ3v) is 5.95. The molecule has 1 aliphatic rings. The highest BCUT2D eigenvalue weighted by Crippen LogP contribution is 2.33. The number of esters is 1. The zero-order chi connectivity index (χ0) is 22.3. The molecule has 162 valence electrons. The molecule has 8 nitrogen and oxygen atoms in total. The molecule has 0 fully saturated rings. The second-order valence-electron chi connectivity index (χ2n) is 8.11. The van der Waals surface area contributed by atoms with Crippen molar-refractivity contribution in [3.63, 3.8) is 0 Å². The smallest absolute Gasteiger partial charge is 0.339 e. The number of rotatable bonds is 6. The van der Waals surface area contributed by atoms with Gasteiger partial charge in [0.15, 0.2) is 0 Å². The Balaban J connectivity index is 1.61. The van der Waals surface area contributed by atoms with E-state index < -0.39 is 6.10 Å². The summed E-state index contributed by atoms with van der Waals surface area (Å²) in [5.41, 5.74) is 6.09. The number of amides is 1. The van der Waals surface area contributed by atoms with E-state index in [2.05, 4.69) is 10.2 Å². The predicted octanol–water partition coefficient (Wildman–Crippen LogP) is 2.91. The maximum Gasteiger partial charge on any atom is 0.339 e. The first kappa shape index (κ1) is 20.8. The van der Waals surface area contributed by atoms with Gasteiger partial charge in [0.05, 0.1) is 35.6 Å². The van der Waals surface area contributed by atoms with Crippen LogP contribution >= 0.6 is 0 Å². The lowest BCUT2D eigenvalue weighted by Crippen LogP contribution is -2.32. The van der Waals surface area contributed by atoms with E-state index in [1.54, 1.807) is 21.7 Å². The first-order valence-electron chi connectivity index (χ1n) is 10.3. The molecule has 1 atom stereocenters. The topological polar surface area (TPSA) is 82.3 Å². The summed E-state index contributed by atoms with van der Waals surface area (Å²) in [5.74, 6) is -0.461. The zero-order valence-corrected chi connectivity index (χ0v) is 18.5. The van der Waals surface area contributed by atoms with Crippen LogP contribution in [-0.4, -0.2) is 36.3 Å². The average Bonchev–Trinajstić information content (AvgIpc) is 3.30. The molecule has 8 heteroatoms. The second kappa shape index (κ2) is 8.02. The Morgan fingerprint density at radius 2 is 1.84 bits per heavy atom. The van der Waals surface area contributed by atoms with Crippen molar-refractivity contribution in [2.45, 2.75) is 46.4 Å². The van der Waals surface area contributed by atoms with Gasteiger partial charge in [-0.05, 0) is 32.9 Å². The summed E-state index contributed by atoms with van der Waals surface area (Å²) in [6.07, 6.45) is -0.471. The van der Waals surface area contributed by atoms with Crippen LogP contribution in [0.25, 0.3) is 0 Å². The highest BCUT2D eigenvalue weighted by molar-refractivity contribution is 5.94. The van der Waals surface area contributed by atoms with Crippen molar-refractivity contribution in [2.75, 3.05) is 0 Å². The summed E-state index contributed by atoms with van der Waals surface area (Å²) in [6.45, 7) is 6.72. The molecule has 0 saturated heterocycles. The van der Waals surface area contributed by atoms with Crippen LogP contribution in [0.3, 0.4) is 0 Å². The number of benzene rings is 1. The molecule has 0 N–H and O–H groups in total. The standard InChI is InChI=1S/C23H27N5O3/c1-14-10-17(27(5)24-14)12-28(13-20-15(2)25-26(4)16(20)3)22(29)11-21-18-8-6-7-9-19(18)23(30)31-21/h6-10,21H,11-13H2,1-5H3. The molecular weight excluding hydrogens is 394 g/mol. The molecule has 1 aliphatic heterocycles. The van der Waals surface area contributed by atoms with Gasteiger partial charge in [0.2, 0.25) is 5.91 Å². The molecule has 0 bridgehead atoms. The van der Waals surface area contributed by atoms with Gasteiger partial charge >= 0.3 is 5.97 Å². The van der Waals surface area contributed by atoms with E-state index in [0.717, 1.165) is 33.9 Å². The van der Waals surface area contributed by atoms with Gasteiger partial charge < -0.3 is 9.64 Å². The van der Waals surface area contributed by atoms with E-state index >= 15 is 0 Å². The molecule has 1 aromatic carbocycles. The van der Waals surface area contributed by atoms with Crippen molar-refractivity contribution < 1.29 is 14.3 Å². The SMILES string of the molecule is Cc1cc(CN(Cc2c(C)nn(C)c2C)C(=O)CC2OC(=O)c3ccccc32)n(C)n1. The molecule has 4 rings (SSSR count). The van der Waals surface area contributed by atoms with Gasteiger partial charge in [-0.2, -0.15) is 10.2 Å². The number of hydrogen-bond donors (Lipinski definition) is 0. The maximum atomic E-state index is 13.4. The minimum Gasteiger partial charge on any atom is -0.453 e. The fourth-order valence-electron chi connectivity index (χ4n) is 4.14. The van der Waals surface area contributed by atoms with Crippen molar-refractivity contribution in [3.05, 3.63) is 69.8 Å². The van der Waals surface area contributed by atoms with Crippen LogP contribution in [0.5, 0.6) is 0 Å². The monoisotopic (exact) mass is 421 g/mol. The summed E-state index contributed by atoms with van der Waals surface area (Å²) >= 11 is 0. The molecule has 31 heavy (non-hydrogen) atoms. The lowest BCUT2D eigenvalue weighted by Gasteiger charge is -2.24. The number of nitrogens with zero attached hydrogens (tertiary/aromatic N) is 5. The Kier molecular flexibility index (Phi) is 5.39. The van der Waals surface area contributed by atoms with Crippen LogP contribution in [0.1, 0.15) is 56.8 Å². The summed E-state index contributed by atoms with van der Waals surface area (Å²) in [7, 11) is 3.78. The highest BCUT2D eigenvalue weighted by Gasteiger charge is 2.33. The third kappa shape index (κ3) is 3.97. The molecule has 2 aromatic heterocycles. The fourth-order valence-corrected chi connectivity index (χ4v) is 4.14. The normalized spacial score (nSPS) is 15.1. The van der Waals surface area contributed by atoms with E-state index in [9.17, 15) is 9.59 Å². The van der Waals surface area contributed by atoms with Crippen molar-refractivity contribution >= 4 is 11.9 Å². The van der Waals surface area contributed by atoms with Crippen LogP contribution in [0.15, 0.2) is 30.3 Å².